The summed E-state index contributed by atoms with van der Waals surface area (Å²) >= 11 is 0. The lowest BCUT2D eigenvalue weighted by atomic mass is 10.0. The topological polar surface area (TPSA) is 37.4 Å². The molecule has 2 atom stereocenters. The van der Waals surface area contributed by atoms with Gasteiger partial charge in [-0.3, -0.25) is 0 Å². The van der Waals surface area contributed by atoms with Gasteiger partial charge in [0.1, 0.15) is 0 Å². The summed E-state index contributed by atoms with van der Waals surface area (Å²) in [6.07, 6.45) is 0. The zero-order chi connectivity index (χ0) is 10.2. The zero-order valence-corrected chi connectivity index (χ0v) is 9.63. The normalized spacial score (nSPS) is 31.5. The maximum atomic E-state index is 11.7. The molecule has 1 rings (SSSR count). The average Bonchev–Trinajstić information content (AvgIpc) is 2.32. The number of nitrogens with zero attached hydrogens (tertiary/aromatic N) is 1. The van der Waals surface area contributed by atoms with Crippen LogP contribution in [0.1, 0.15) is 27.7 Å². The van der Waals surface area contributed by atoms with Crippen LogP contribution in [0.5, 0.6) is 0 Å². The predicted octanol–water partition coefficient (Wildman–Crippen LogP) is 1.31. The SMILES string of the molecule is CC1CN(S(=O)(=O)C(C)C)CC1C. The van der Waals surface area contributed by atoms with E-state index in [1.165, 1.54) is 0 Å². The van der Waals surface area contributed by atoms with Gasteiger partial charge in [0.05, 0.1) is 5.25 Å². The highest BCUT2D eigenvalue weighted by Crippen LogP contribution is 2.25. The van der Waals surface area contributed by atoms with Gasteiger partial charge in [-0.1, -0.05) is 13.8 Å². The highest BCUT2D eigenvalue weighted by molar-refractivity contribution is 7.89. The minimum Gasteiger partial charge on any atom is -0.212 e. The van der Waals surface area contributed by atoms with Crippen molar-refractivity contribution in [1.82, 2.24) is 4.31 Å². The van der Waals surface area contributed by atoms with Crippen LogP contribution in [-0.2, 0) is 10.0 Å². The molecule has 0 aromatic rings. The van der Waals surface area contributed by atoms with E-state index in [1.54, 1.807) is 18.2 Å². The quantitative estimate of drug-likeness (QED) is 0.681. The van der Waals surface area contributed by atoms with Crippen molar-refractivity contribution in [2.75, 3.05) is 13.1 Å². The van der Waals surface area contributed by atoms with Gasteiger partial charge in [0.25, 0.3) is 0 Å². The minimum absolute atomic E-state index is 0.287. The lowest BCUT2D eigenvalue weighted by Gasteiger charge is -2.18. The molecule has 2 unspecified atom stereocenters. The monoisotopic (exact) mass is 205 g/mol. The molecule has 1 aliphatic heterocycles. The number of hydrogen-bond acceptors (Lipinski definition) is 2. The fraction of sp³-hybridized carbons (Fsp3) is 1.00. The van der Waals surface area contributed by atoms with Crippen LogP contribution in [0.15, 0.2) is 0 Å². The Hall–Kier alpha value is -0.0900. The summed E-state index contributed by atoms with van der Waals surface area (Å²) in [5.41, 5.74) is 0. The van der Waals surface area contributed by atoms with Crippen molar-refractivity contribution in [1.29, 1.82) is 0 Å². The summed E-state index contributed by atoms with van der Waals surface area (Å²) in [5, 5.41) is -0.287. The molecule has 1 aliphatic rings. The Labute approximate surface area is 81.2 Å². The highest BCUT2D eigenvalue weighted by atomic mass is 32.2. The van der Waals surface area contributed by atoms with E-state index in [-0.39, 0.29) is 5.25 Å². The van der Waals surface area contributed by atoms with Gasteiger partial charge in [-0.15, -0.1) is 0 Å². The predicted molar refractivity (Wildman–Crippen MR) is 54.0 cm³/mol. The van der Waals surface area contributed by atoms with E-state index in [0.29, 0.717) is 24.9 Å². The molecule has 0 aromatic heterocycles. The molecule has 4 heteroatoms. The van der Waals surface area contributed by atoms with E-state index in [9.17, 15) is 8.42 Å². The van der Waals surface area contributed by atoms with E-state index in [1.807, 2.05) is 0 Å². The van der Waals surface area contributed by atoms with Crippen molar-refractivity contribution in [3.63, 3.8) is 0 Å². The fourth-order valence-electron chi connectivity index (χ4n) is 1.58. The first kappa shape index (κ1) is 11.0. The smallest absolute Gasteiger partial charge is 0.212 e. The van der Waals surface area contributed by atoms with E-state index in [4.69, 9.17) is 0 Å². The standard InChI is InChI=1S/C9H19NO2S/c1-7(2)13(11,12)10-5-8(3)9(4)6-10/h7-9H,5-6H2,1-4H3. The molecular formula is C9H19NO2S. The van der Waals surface area contributed by atoms with Crippen molar-refractivity contribution in [2.24, 2.45) is 11.8 Å². The molecule has 0 aliphatic carbocycles. The first-order valence-corrected chi connectivity index (χ1v) is 6.35. The minimum atomic E-state index is -3.01. The molecule has 0 spiro atoms. The molecule has 13 heavy (non-hydrogen) atoms. The van der Waals surface area contributed by atoms with Crippen LogP contribution in [0, 0.1) is 11.8 Å². The molecule has 1 fully saturated rings. The van der Waals surface area contributed by atoms with E-state index >= 15 is 0 Å². The Bertz CT molecular complexity index is 261. The van der Waals surface area contributed by atoms with Gasteiger partial charge in [0.2, 0.25) is 10.0 Å². The van der Waals surface area contributed by atoms with Crippen LogP contribution < -0.4 is 0 Å². The van der Waals surface area contributed by atoms with Crippen LogP contribution in [0.25, 0.3) is 0 Å². The zero-order valence-electron chi connectivity index (χ0n) is 8.82. The molecule has 1 heterocycles. The van der Waals surface area contributed by atoms with Gasteiger partial charge in [-0.25, -0.2) is 12.7 Å². The third-order valence-electron chi connectivity index (χ3n) is 2.91. The van der Waals surface area contributed by atoms with Gasteiger partial charge in [-0.05, 0) is 25.7 Å². The molecule has 0 aromatic carbocycles. The van der Waals surface area contributed by atoms with Crippen molar-refractivity contribution >= 4 is 10.0 Å². The second kappa shape index (κ2) is 3.58. The first-order valence-electron chi connectivity index (χ1n) is 4.84. The van der Waals surface area contributed by atoms with Crippen LogP contribution >= 0.6 is 0 Å². The van der Waals surface area contributed by atoms with Gasteiger partial charge in [-0.2, -0.15) is 0 Å². The lowest BCUT2D eigenvalue weighted by molar-refractivity contribution is 0.456. The molecule has 1 saturated heterocycles. The summed E-state index contributed by atoms with van der Waals surface area (Å²) in [6, 6.07) is 0. The molecule has 0 radical (unpaired) electrons. The summed E-state index contributed by atoms with van der Waals surface area (Å²) < 4.78 is 25.1. The van der Waals surface area contributed by atoms with Crippen LogP contribution in [-0.4, -0.2) is 31.1 Å². The number of hydrogen-bond donors (Lipinski definition) is 0. The van der Waals surface area contributed by atoms with Crippen molar-refractivity contribution < 1.29 is 8.42 Å². The lowest BCUT2D eigenvalue weighted by Crippen LogP contribution is -2.34. The average molecular weight is 205 g/mol. The van der Waals surface area contributed by atoms with Gasteiger partial charge < -0.3 is 0 Å². The van der Waals surface area contributed by atoms with Crippen LogP contribution in [0.2, 0.25) is 0 Å². The second-order valence-corrected chi connectivity index (χ2v) is 6.85. The van der Waals surface area contributed by atoms with Gasteiger partial charge in [0.15, 0.2) is 0 Å². The van der Waals surface area contributed by atoms with Crippen molar-refractivity contribution in [2.45, 2.75) is 32.9 Å². The van der Waals surface area contributed by atoms with E-state index < -0.39 is 10.0 Å². The second-order valence-electron chi connectivity index (χ2n) is 4.37. The number of sulfonamides is 1. The molecule has 0 bridgehead atoms. The third kappa shape index (κ3) is 2.05. The molecular weight excluding hydrogens is 186 g/mol. The maximum Gasteiger partial charge on any atom is 0.216 e. The number of rotatable bonds is 2. The Kier molecular flexibility index (Phi) is 3.02. The first-order chi connectivity index (χ1) is 5.85. The molecule has 0 N–H and O–H groups in total. The molecule has 78 valence electrons. The largest absolute Gasteiger partial charge is 0.216 e. The highest BCUT2D eigenvalue weighted by Gasteiger charge is 2.35. The van der Waals surface area contributed by atoms with Crippen LogP contribution in [0.4, 0.5) is 0 Å². The summed E-state index contributed by atoms with van der Waals surface area (Å²) in [7, 11) is -3.01. The Morgan fingerprint density at radius 2 is 1.54 bits per heavy atom. The van der Waals surface area contributed by atoms with Gasteiger partial charge >= 0.3 is 0 Å². The summed E-state index contributed by atoms with van der Waals surface area (Å²) in [4.78, 5) is 0. The van der Waals surface area contributed by atoms with E-state index in [0.717, 1.165) is 0 Å². The van der Waals surface area contributed by atoms with Crippen molar-refractivity contribution in [3.05, 3.63) is 0 Å². The molecule has 0 amide bonds. The maximum absolute atomic E-state index is 11.7. The Morgan fingerprint density at radius 3 is 1.85 bits per heavy atom. The summed E-state index contributed by atoms with van der Waals surface area (Å²) in [5.74, 6) is 0.988. The van der Waals surface area contributed by atoms with Crippen molar-refractivity contribution in [3.8, 4) is 0 Å². The molecule has 0 saturated carbocycles. The Balaban J connectivity index is 2.77. The fourth-order valence-corrected chi connectivity index (χ4v) is 3.06. The Morgan fingerprint density at radius 1 is 1.15 bits per heavy atom. The van der Waals surface area contributed by atoms with E-state index in [2.05, 4.69) is 13.8 Å². The molecule has 3 nitrogen and oxygen atoms in total. The van der Waals surface area contributed by atoms with Gasteiger partial charge in [0, 0.05) is 13.1 Å². The third-order valence-corrected chi connectivity index (χ3v) is 5.12. The summed E-state index contributed by atoms with van der Waals surface area (Å²) in [6.45, 7) is 9.09. The van der Waals surface area contributed by atoms with Crippen LogP contribution in [0.3, 0.4) is 0 Å².